The summed E-state index contributed by atoms with van der Waals surface area (Å²) < 4.78 is 0. The van der Waals surface area contributed by atoms with Gasteiger partial charge in [0.15, 0.2) is 0 Å². The number of hydrogen-bond donors (Lipinski definition) is 0. The maximum absolute atomic E-state index is 11.7. The molecule has 121 valence electrons. The van der Waals surface area contributed by atoms with Crippen molar-refractivity contribution in [1.82, 2.24) is 0 Å². The Balaban J connectivity index is 2.00. The van der Waals surface area contributed by atoms with Crippen molar-refractivity contribution in [2.45, 2.75) is 0 Å². The van der Waals surface area contributed by atoms with E-state index in [2.05, 4.69) is 23.7 Å². The van der Waals surface area contributed by atoms with E-state index in [-0.39, 0.29) is 5.56 Å². The minimum atomic E-state index is -0.712. The van der Waals surface area contributed by atoms with Gasteiger partial charge < -0.3 is 0 Å². The van der Waals surface area contributed by atoms with Gasteiger partial charge in [-0.2, -0.15) is 0 Å². The molecule has 2 nitrogen and oxygen atoms in total. The summed E-state index contributed by atoms with van der Waals surface area (Å²) in [5.74, 6) is 11.4. The van der Waals surface area contributed by atoms with Crippen molar-refractivity contribution in [1.29, 1.82) is 0 Å². The minimum absolute atomic E-state index is 0.234. The van der Waals surface area contributed by atoms with Crippen molar-refractivity contribution < 1.29 is 9.59 Å². The van der Waals surface area contributed by atoms with Crippen LogP contribution in [0.1, 0.15) is 32.6 Å². The van der Waals surface area contributed by atoms with Gasteiger partial charge in [0.25, 0.3) is 6.29 Å². The molecule has 3 rings (SSSR count). The van der Waals surface area contributed by atoms with Gasteiger partial charge in [0.2, 0.25) is 5.78 Å². The fraction of sp³-hybridized carbons (Fsp3) is 0. The monoisotopic (exact) mass is 333 g/mol. The van der Waals surface area contributed by atoms with Crippen LogP contribution in [0.4, 0.5) is 0 Å². The summed E-state index contributed by atoms with van der Waals surface area (Å²) >= 11 is 0. The molecule has 0 unspecified atom stereocenters. The van der Waals surface area contributed by atoms with Crippen LogP contribution in [0.3, 0.4) is 0 Å². The Kier molecular flexibility index (Phi) is 5.41. The summed E-state index contributed by atoms with van der Waals surface area (Å²) in [6.07, 6.45) is 1.40. The van der Waals surface area contributed by atoms with Crippen LogP contribution >= 0.6 is 0 Å². The Morgan fingerprint density at radius 3 is 1.42 bits per heavy atom. The van der Waals surface area contributed by atoms with E-state index < -0.39 is 5.78 Å². The lowest BCUT2D eigenvalue weighted by Gasteiger charge is -1.99. The van der Waals surface area contributed by atoms with Crippen LogP contribution in [-0.4, -0.2) is 12.1 Å². The number of hydrogen-bond acceptors (Lipinski definition) is 2. The maximum atomic E-state index is 11.7. The van der Waals surface area contributed by atoms with Crippen LogP contribution in [0.5, 0.6) is 0 Å². The van der Waals surface area contributed by atoms with Gasteiger partial charge in [-0.3, -0.25) is 9.59 Å². The highest BCUT2D eigenvalue weighted by Crippen LogP contribution is 2.10. The molecule has 3 aromatic carbocycles. The third kappa shape index (κ3) is 4.57. The molecule has 0 aliphatic heterocycles. The first kappa shape index (κ1) is 17.0. The molecule has 0 N–H and O–H groups in total. The molecule has 0 bridgehead atoms. The van der Waals surface area contributed by atoms with Crippen molar-refractivity contribution in [2.24, 2.45) is 0 Å². The molecule has 0 aliphatic rings. The molecule has 0 atom stereocenters. The summed E-state index contributed by atoms with van der Waals surface area (Å²) in [7, 11) is 0. The normalized spacial score (nSPS) is 9.23. The second kappa shape index (κ2) is 8.29. The Bertz CT molecular complexity index is 981. The van der Waals surface area contributed by atoms with Crippen LogP contribution in [-0.2, 0) is 4.79 Å². The highest BCUT2D eigenvalue weighted by atomic mass is 16.2. The lowest BCUT2D eigenvalue weighted by Crippen LogP contribution is -2.01. The van der Waals surface area contributed by atoms with E-state index in [0.29, 0.717) is 11.1 Å². The molecule has 0 amide bonds. The summed E-state index contributed by atoms with van der Waals surface area (Å²) in [6.45, 7) is 0. The SMILES string of the molecule is O=[C]C(=O)c1cc(C#Cc2ccccc2)cc(C#Cc2ccccc2)c1. The number of carbonyl (C=O) groups is 1. The van der Waals surface area contributed by atoms with Gasteiger partial charge >= 0.3 is 0 Å². The molecule has 0 aliphatic carbocycles. The van der Waals surface area contributed by atoms with Gasteiger partial charge in [-0.1, -0.05) is 60.1 Å². The molecule has 1 radical (unpaired) electrons. The fourth-order valence-corrected chi connectivity index (χ4v) is 2.29. The predicted molar refractivity (Wildman–Crippen MR) is 101 cm³/mol. The molecule has 0 heterocycles. The second-order valence-electron chi connectivity index (χ2n) is 5.46. The van der Waals surface area contributed by atoms with Gasteiger partial charge in [-0.15, -0.1) is 0 Å². The lowest BCUT2D eigenvalue weighted by atomic mass is 10.0. The van der Waals surface area contributed by atoms with Crippen LogP contribution in [0.25, 0.3) is 0 Å². The molecule has 0 saturated heterocycles. The molecule has 0 saturated carbocycles. The molecule has 0 fully saturated rings. The van der Waals surface area contributed by atoms with Crippen molar-refractivity contribution >= 4 is 12.1 Å². The number of rotatable bonds is 2. The van der Waals surface area contributed by atoms with Crippen LogP contribution in [0, 0.1) is 23.7 Å². The van der Waals surface area contributed by atoms with E-state index in [9.17, 15) is 9.59 Å². The van der Waals surface area contributed by atoms with Crippen LogP contribution < -0.4 is 0 Å². The lowest BCUT2D eigenvalue weighted by molar-refractivity contribution is 0.106. The number of benzene rings is 3. The standard InChI is InChI=1S/C24H13O2/c25-18-24(26)23-16-21(13-11-19-7-3-1-4-8-19)15-22(17-23)14-12-20-9-5-2-6-10-20/h1-10,15-17H. The average molecular weight is 333 g/mol. The first-order valence-electron chi connectivity index (χ1n) is 7.96. The van der Waals surface area contributed by atoms with Crippen molar-refractivity contribution in [2.75, 3.05) is 0 Å². The Labute approximate surface area is 152 Å². The first-order valence-corrected chi connectivity index (χ1v) is 7.96. The zero-order valence-electron chi connectivity index (χ0n) is 13.8. The van der Waals surface area contributed by atoms with Gasteiger partial charge in [0.1, 0.15) is 0 Å². The average Bonchev–Trinajstić information content (AvgIpc) is 2.71. The maximum Gasteiger partial charge on any atom is 0.277 e. The van der Waals surface area contributed by atoms with Gasteiger partial charge in [0, 0.05) is 27.8 Å². The van der Waals surface area contributed by atoms with Gasteiger partial charge in [0.05, 0.1) is 0 Å². The van der Waals surface area contributed by atoms with Crippen molar-refractivity contribution in [3.63, 3.8) is 0 Å². The minimum Gasteiger partial charge on any atom is -0.285 e. The summed E-state index contributed by atoms with van der Waals surface area (Å²) in [5.41, 5.74) is 3.20. The topological polar surface area (TPSA) is 34.1 Å². The van der Waals surface area contributed by atoms with Crippen LogP contribution in [0.15, 0.2) is 78.9 Å². The van der Waals surface area contributed by atoms with Gasteiger partial charge in [-0.05, 0) is 42.5 Å². The zero-order chi connectivity index (χ0) is 18.2. The molecular formula is C24H13O2. The predicted octanol–water partition coefficient (Wildman–Crippen LogP) is 3.78. The third-order valence-electron chi connectivity index (χ3n) is 3.54. The third-order valence-corrected chi connectivity index (χ3v) is 3.54. The van der Waals surface area contributed by atoms with E-state index in [1.54, 1.807) is 18.2 Å². The Hall–Kier alpha value is -3.88. The van der Waals surface area contributed by atoms with Crippen LogP contribution in [0.2, 0.25) is 0 Å². The molecule has 3 aromatic rings. The number of Topliss-reactive ketones (excluding diaryl/α,β-unsaturated/α-hetero) is 1. The smallest absolute Gasteiger partial charge is 0.277 e. The second-order valence-corrected chi connectivity index (χ2v) is 5.46. The molecule has 26 heavy (non-hydrogen) atoms. The molecule has 0 spiro atoms. The molecule has 2 heteroatoms. The summed E-state index contributed by atoms with van der Waals surface area (Å²) in [4.78, 5) is 22.5. The first-order chi connectivity index (χ1) is 12.7. The number of ketones is 1. The van der Waals surface area contributed by atoms with E-state index >= 15 is 0 Å². The highest BCUT2D eigenvalue weighted by Gasteiger charge is 2.07. The van der Waals surface area contributed by atoms with E-state index in [4.69, 9.17) is 0 Å². The molecule has 0 aromatic heterocycles. The Morgan fingerprint density at radius 1 is 0.577 bits per heavy atom. The zero-order valence-corrected chi connectivity index (χ0v) is 13.8. The van der Waals surface area contributed by atoms with E-state index in [0.717, 1.165) is 11.1 Å². The summed E-state index contributed by atoms with van der Waals surface area (Å²) in [6, 6.07) is 24.0. The summed E-state index contributed by atoms with van der Waals surface area (Å²) in [5, 5.41) is 0. The highest BCUT2D eigenvalue weighted by molar-refractivity contribution is 6.33. The quantitative estimate of drug-likeness (QED) is 0.406. The van der Waals surface area contributed by atoms with Crippen molar-refractivity contribution in [3.05, 3.63) is 107 Å². The fourth-order valence-electron chi connectivity index (χ4n) is 2.29. The molecular weight excluding hydrogens is 320 g/mol. The number of carbonyl (C=O) groups excluding carboxylic acids is 2. The van der Waals surface area contributed by atoms with Gasteiger partial charge in [-0.25, -0.2) is 0 Å². The Morgan fingerprint density at radius 2 is 1.00 bits per heavy atom. The largest absolute Gasteiger partial charge is 0.285 e. The van der Waals surface area contributed by atoms with E-state index in [1.165, 1.54) is 6.29 Å². The van der Waals surface area contributed by atoms with Crippen molar-refractivity contribution in [3.8, 4) is 23.7 Å². The van der Waals surface area contributed by atoms with E-state index in [1.807, 2.05) is 60.7 Å².